The Bertz CT molecular complexity index is 587. The maximum atomic E-state index is 11.8. The van der Waals surface area contributed by atoms with Crippen molar-refractivity contribution in [3.8, 4) is 5.75 Å². The van der Waals surface area contributed by atoms with Gasteiger partial charge >= 0.3 is 0 Å². The third-order valence-electron chi connectivity index (χ3n) is 2.62. The van der Waals surface area contributed by atoms with Crippen LogP contribution < -0.4 is 10.1 Å². The van der Waals surface area contributed by atoms with E-state index >= 15 is 0 Å². The van der Waals surface area contributed by atoms with Crippen LogP contribution in [0, 0.1) is 0 Å². The summed E-state index contributed by atoms with van der Waals surface area (Å²) in [7, 11) is 0. The number of carbonyl (C=O) groups excluding carboxylic acids is 1. The van der Waals surface area contributed by atoms with Crippen LogP contribution in [0.3, 0.4) is 0 Å². The Hall–Kier alpha value is -2.04. The molecule has 2 aromatic carbocycles. The minimum atomic E-state index is -0.292. The number of hydrogen-bond acceptors (Lipinski definition) is 3. The number of aliphatic hydroxyl groups is 1. The van der Waals surface area contributed by atoms with Gasteiger partial charge in [0.2, 0.25) is 0 Å². The van der Waals surface area contributed by atoms with Crippen molar-refractivity contribution in [3.05, 3.63) is 59.1 Å². The molecule has 0 atom stereocenters. The number of hydrogen-bond donors (Lipinski definition) is 2. The predicted molar refractivity (Wildman–Crippen MR) is 77.9 cm³/mol. The summed E-state index contributed by atoms with van der Waals surface area (Å²) < 4.78 is 5.39. The van der Waals surface area contributed by atoms with Crippen molar-refractivity contribution in [3.63, 3.8) is 0 Å². The molecule has 0 heterocycles. The molecular weight excluding hydrogens is 278 g/mol. The van der Waals surface area contributed by atoms with Crippen molar-refractivity contribution in [2.75, 3.05) is 11.9 Å². The smallest absolute Gasteiger partial charge is 0.262 e. The van der Waals surface area contributed by atoms with Crippen molar-refractivity contribution in [2.24, 2.45) is 0 Å². The minimum Gasteiger partial charge on any atom is -0.482 e. The molecule has 0 bridgehead atoms. The summed E-state index contributed by atoms with van der Waals surface area (Å²) in [6.07, 6.45) is 0. The molecule has 104 valence electrons. The van der Waals surface area contributed by atoms with E-state index in [1.54, 1.807) is 30.3 Å². The van der Waals surface area contributed by atoms with Crippen molar-refractivity contribution in [1.82, 2.24) is 0 Å². The Morgan fingerprint density at radius 3 is 2.60 bits per heavy atom. The summed E-state index contributed by atoms with van der Waals surface area (Å²) in [6, 6.07) is 14.1. The molecular formula is C15H14ClNO3. The summed E-state index contributed by atoms with van der Waals surface area (Å²) in [5.74, 6) is 0.0416. The second-order valence-electron chi connectivity index (χ2n) is 4.09. The summed E-state index contributed by atoms with van der Waals surface area (Å²) in [4.78, 5) is 11.8. The van der Waals surface area contributed by atoms with Gasteiger partial charge in [-0.05, 0) is 18.2 Å². The van der Waals surface area contributed by atoms with Gasteiger partial charge < -0.3 is 15.2 Å². The Morgan fingerprint density at radius 1 is 1.15 bits per heavy atom. The number of rotatable bonds is 5. The van der Waals surface area contributed by atoms with Crippen molar-refractivity contribution in [1.29, 1.82) is 0 Å². The third-order valence-corrected chi connectivity index (χ3v) is 2.92. The summed E-state index contributed by atoms with van der Waals surface area (Å²) in [6.45, 7) is -0.373. The lowest BCUT2D eigenvalue weighted by Gasteiger charge is -2.11. The molecule has 0 saturated carbocycles. The monoisotopic (exact) mass is 291 g/mol. The molecule has 1 amide bonds. The van der Waals surface area contributed by atoms with Crippen LogP contribution in [0.25, 0.3) is 0 Å². The van der Waals surface area contributed by atoms with Crippen molar-refractivity contribution < 1.29 is 14.6 Å². The number of aliphatic hydroxyl groups excluding tert-OH is 1. The van der Waals surface area contributed by atoms with Crippen molar-refractivity contribution in [2.45, 2.75) is 6.61 Å². The topological polar surface area (TPSA) is 58.6 Å². The highest BCUT2D eigenvalue weighted by Gasteiger charge is 2.10. The molecule has 2 N–H and O–H groups in total. The number of amides is 1. The molecule has 0 aliphatic carbocycles. The minimum absolute atomic E-state index is 0.175. The third kappa shape index (κ3) is 3.73. The zero-order valence-corrected chi connectivity index (χ0v) is 11.4. The van der Waals surface area contributed by atoms with Gasteiger partial charge in [-0.15, -0.1) is 0 Å². The van der Waals surface area contributed by atoms with Gasteiger partial charge in [-0.3, -0.25) is 4.79 Å². The average Bonchev–Trinajstić information content (AvgIpc) is 2.46. The maximum absolute atomic E-state index is 11.8. The first-order valence-corrected chi connectivity index (χ1v) is 6.44. The molecule has 5 heteroatoms. The second kappa shape index (κ2) is 6.93. The van der Waals surface area contributed by atoms with E-state index in [-0.39, 0.29) is 19.1 Å². The van der Waals surface area contributed by atoms with Crippen LogP contribution >= 0.6 is 11.6 Å². The maximum Gasteiger partial charge on any atom is 0.262 e. The van der Waals surface area contributed by atoms with E-state index in [9.17, 15) is 9.90 Å². The Kier molecular flexibility index (Phi) is 4.98. The number of ether oxygens (including phenoxy) is 1. The highest BCUT2D eigenvalue weighted by molar-refractivity contribution is 6.32. The summed E-state index contributed by atoms with van der Waals surface area (Å²) >= 11 is 5.98. The quantitative estimate of drug-likeness (QED) is 0.890. The highest BCUT2D eigenvalue weighted by atomic mass is 35.5. The van der Waals surface area contributed by atoms with Crippen LogP contribution in [0.5, 0.6) is 5.75 Å². The number of halogens is 1. The Labute approximate surface area is 122 Å². The normalized spacial score (nSPS) is 10.1. The number of nitrogens with one attached hydrogen (secondary N) is 1. The van der Waals surface area contributed by atoms with Gasteiger partial charge in [-0.25, -0.2) is 0 Å². The van der Waals surface area contributed by atoms with Gasteiger partial charge in [0.05, 0.1) is 11.6 Å². The van der Waals surface area contributed by atoms with Gasteiger partial charge in [0.1, 0.15) is 5.75 Å². The van der Waals surface area contributed by atoms with Gasteiger partial charge in [-0.1, -0.05) is 41.9 Å². The molecule has 0 aromatic heterocycles. The fourth-order valence-electron chi connectivity index (χ4n) is 1.70. The van der Waals surface area contributed by atoms with E-state index in [2.05, 4.69) is 5.32 Å². The lowest BCUT2D eigenvalue weighted by atomic mass is 10.2. The lowest BCUT2D eigenvalue weighted by molar-refractivity contribution is -0.118. The number of carbonyl (C=O) groups is 1. The van der Waals surface area contributed by atoms with Gasteiger partial charge in [0.15, 0.2) is 6.61 Å². The number of benzene rings is 2. The van der Waals surface area contributed by atoms with E-state index in [4.69, 9.17) is 16.3 Å². The molecule has 0 aliphatic rings. The fraction of sp³-hybridized carbons (Fsp3) is 0.133. The lowest BCUT2D eigenvalue weighted by Crippen LogP contribution is -2.20. The van der Waals surface area contributed by atoms with E-state index in [0.29, 0.717) is 22.0 Å². The molecule has 0 radical (unpaired) electrons. The van der Waals surface area contributed by atoms with Crippen LogP contribution in [0.2, 0.25) is 5.02 Å². The highest BCUT2D eigenvalue weighted by Crippen LogP contribution is 2.28. The molecule has 0 unspecified atom stereocenters. The van der Waals surface area contributed by atoms with Crippen LogP contribution in [0.15, 0.2) is 48.5 Å². The van der Waals surface area contributed by atoms with Crippen LogP contribution in [-0.4, -0.2) is 17.6 Å². The fourth-order valence-corrected chi connectivity index (χ4v) is 1.94. The SMILES string of the molecule is O=C(COc1c(Cl)cccc1CO)Nc1ccccc1. The molecule has 0 spiro atoms. The van der Waals surface area contributed by atoms with Crippen LogP contribution in [-0.2, 0) is 11.4 Å². The van der Waals surface area contributed by atoms with E-state index in [0.717, 1.165) is 0 Å². The molecule has 2 rings (SSSR count). The Balaban J connectivity index is 1.97. The van der Waals surface area contributed by atoms with E-state index in [1.165, 1.54) is 0 Å². The summed E-state index contributed by atoms with van der Waals surface area (Å²) in [5.41, 5.74) is 1.24. The zero-order valence-electron chi connectivity index (χ0n) is 10.7. The predicted octanol–water partition coefficient (Wildman–Crippen LogP) is 2.85. The molecule has 0 aliphatic heterocycles. The van der Waals surface area contributed by atoms with Gasteiger partial charge in [-0.2, -0.15) is 0 Å². The largest absolute Gasteiger partial charge is 0.482 e. The van der Waals surface area contributed by atoms with Crippen LogP contribution in [0.4, 0.5) is 5.69 Å². The first-order chi connectivity index (χ1) is 9.70. The zero-order chi connectivity index (χ0) is 14.4. The molecule has 0 saturated heterocycles. The van der Waals surface area contributed by atoms with Gasteiger partial charge in [0.25, 0.3) is 5.91 Å². The van der Waals surface area contributed by atoms with Crippen molar-refractivity contribution >= 4 is 23.2 Å². The van der Waals surface area contributed by atoms with E-state index < -0.39 is 0 Å². The van der Waals surface area contributed by atoms with E-state index in [1.807, 2.05) is 18.2 Å². The average molecular weight is 292 g/mol. The van der Waals surface area contributed by atoms with Gasteiger partial charge in [0, 0.05) is 11.3 Å². The second-order valence-corrected chi connectivity index (χ2v) is 4.50. The molecule has 4 nitrogen and oxygen atoms in total. The molecule has 0 fully saturated rings. The summed E-state index contributed by atoms with van der Waals surface area (Å²) in [5, 5.41) is 12.3. The Morgan fingerprint density at radius 2 is 1.90 bits per heavy atom. The number of anilines is 1. The molecule has 2 aromatic rings. The first kappa shape index (κ1) is 14.4. The molecule has 20 heavy (non-hydrogen) atoms. The standard InChI is InChI=1S/C15H14ClNO3/c16-13-8-4-5-11(9-18)15(13)20-10-14(19)17-12-6-2-1-3-7-12/h1-8,18H,9-10H2,(H,17,19). The van der Waals surface area contributed by atoms with Crippen LogP contribution in [0.1, 0.15) is 5.56 Å². The first-order valence-electron chi connectivity index (χ1n) is 6.06. The number of para-hydroxylation sites is 2.